The third-order valence-corrected chi connectivity index (χ3v) is 4.72. The van der Waals surface area contributed by atoms with Gasteiger partial charge in [0.2, 0.25) is 0 Å². The predicted octanol–water partition coefficient (Wildman–Crippen LogP) is 4.99. The van der Waals surface area contributed by atoms with Crippen molar-refractivity contribution in [2.45, 2.75) is 77.2 Å². The van der Waals surface area contributed by atoms with E-state index in [1.165, 1.54) is 82.6 Å². The quantitative estimate of drug-likeness (QED) is 0.451. The van der Waals surface area contributed by atoms with Crippen molar-refractivity contribution >= 4 is 15.9 Å². The summed E-state index contributed by atoms with van der Waals surface area (Å²) in [5.74, 6) is 0. The highest BCUT2D eigenvalue weighted by Crippen LogP contribution is 2.19. The number of likely N-dealkylation sites (tertiary alicyclic amines) is 1. The summed E-state index contributed by atoms with van der Waals surface area (Å²) in [6.45, 7) is 4.96. The number of unbranched alkanes of at least 4 members (excludes halogenated alkanes) is 5. The molecule has 0 radical (unpaired) electrons. The van der Waals surface area contributed by atoms with Crippen LogP contribution in [0.1, 0.15) is 71.1 Å². The summed E-state index contributed by atoms with van der Waals surface area (Å²) in [7, 11) is 0. The van der Waals surface area contributed by atoms with Crippen LogP contribution in [0.3, 0.4) is 0 Å². The number of alkyl halides is 1. The molecule has 0 aromatic rings. The summed E-state index contributed by atoms with van der Waals surface area (Å²) in [4.78, 5) is 2.74. The van der Waals surface area contributed by atoms with Gasteiger partial charge < -0.3 is 0 Å². The SMILES string of the molecule is CCCCCCCCN1CCCCCC1CBr. The Morgan fingerprint density at radius 1 is 1.00 bits per heavy atom. The lowest BCUT2D eigenvalue weighted by Gasteiger charge is -2.28. The summed E-state index contributed by atoms with van der Waals surface area (Å²) < 4.78 is 0. The van der Waals surface area contributed by atoms with E-state index in [0.717, 1.165) is 6.04 Å². The van der Waals surface area contributed by atoms with E-state index in [2.05, 4.69) is 27.8 Å². The normalized spacial score (nSPS) is 22.6. The zero-order valence-electron chi connectivity index (χ0n) is 11.6. The monoisotopic (exact) mass is 303 g/mol. The minimum atomic E-state index is 0.813. The van der Waals surface area contributed by atoms with Gasteiger partial charge in [0.15, 0.2) is 0 Å². The maximum Gasteiger partial charge on any atom is 0.0192 e. The Morgan fingerprint density at radius 2 is 1.76 bits per heavy atom. The number of hydrogen-bond donors (Lipinski definition) is 0. The Balaban J connectivity index is 2.10. The maximum absolute atomic E-state index is 3.69. The first-order chi connectivity index (χ1) is 8.38. The van der Waals surface area contributed by atoms with Crippen LogP contribution in [0.2, 0.25) is 0 Å². The molecule has 1 heterocycles. The molecule has 0 amide bonds. The molecule has 1 fully saturated rings. The molecule has 1 saturated heterocycles. The molecule has 0 aromatic carbocycles. The van der Waals surface area contributed by atoms with Gasteiger partial charge >= 0.3 is 0 Å². The first-order valence-electron chi connectivity index (χ1n) is 7.68. The average Bonchev–Trinajstić information content (AvgIpc) is 2.58. The highest BCUT2D eigenvalue weighted by atomic mass is 79.9. The van der Waals surface area contributed by atoms with Crippen molar-refractivity contribution in [3.8, 4) is 0 Å². The lowest BCUT2D eigenvalue weighted by atomic mass is 10.1. The van der Waals surface area contributed by atoms with Gasteiger partial charge in [-0.25, -0.2) is 0 Å². The van der Waals surface area contributed by atoms with Crippen molar-refractivity contribution < 1.29 is 0 Å². The van der Waals surface area contributed by atoms with Crippen molar-refractivity contribution in [1.29, 1.82) is 0 Å². The van der Waals surface area contributed by atoms with Crippen LogP contribution in [-0.2, 0) is 0 Å². The van der Waals surface area contributed by atoms with Crippen molar-refractivity contribution in [3.05, 3.63) is 0 Å². The maximum atomic E-state index is 3.69. The summed E-state index contributed by atoms with van der Waals surface area (Å²) >= 11 is 3.69. The van der Waals surface area contributed by atoms with Gasteiger partial charge in [0.1, 0.15) is 0 Å². The molecule has 0 aromatic heterocycles. The summed E-state index contributed by atoms with van der Waals surface area (Å²) in [6.07, 6.45) is 14.2. The Kier molecular flexibility index (Phi) is 9.45. The van der Waals surface area contributed by atoms with E-state index in [4.69, 9.17) is 0 Å². The van der Waals surface area contributed by atoms with Crippen LogP contribution in [-0.4, -0.2) is 29.4 Å². The van der Waals surface area contributed by atoms with Gasteiger partial charge in [0.05, 0.1) is 0 Å². The molecule has 2 heteroatoms. The molecule has 1 atom stereocenters. The number of nitrogens with zero attached hydrogens (tertiary/aromatic N) is 1. The summed E-state index contributed by atoms with van der Waals surface area (Å²) in [6, 6.07) is 0.813. The lowest BCUT2D eigenvalue weighted by molar-refractivity contribution is 0.213. The largest absolute Gasteiger partial charge is 0.300 e. The van der Waals surface area contributed by atoms with E-state index < -0.39 is 0 Å². The fourth-order valence-corrected chi connectivity index (χ4v) is 3.53. The van der Waals surface area contributed by atoms with Gasteiger partial charge in [-0.05, 0) is 32.4 Å². The molecule has 0 saturated carbocycles. The molecular weight excluding hydrogens is 274 g/mol. The second-order valence-electron chi connectivity index (χ2n) is 5.46. The lowest BCUT2D eigenvalue weighted by Crippen LogP contribution is -2.36. The highest BCUT2D eigenvalue weighted by molar-refractivity contribution is 9.09. The fraction of sp³-hybridized carbons (Fsp3) is 1.00. The van der Waals surface area contributed by atoms with Crippen LogP contribution >= 0.6 is 15.9 Å². The van der Waals surface area contributed by atoms with Crippen molar-refractivity contribution in [2.24, 2.45) is 0 Å². The second-order valence-corrected chi connectivity index (χ2v) is 6.11. The molecule has 0 bridgehead atoms. The molecule has 17 heavy (non-hydrogen) atoms. The molecule has 1 unspecified atom stereocenters. The van der Waals surface area contributed by atoms with E-state index in [9.17, 15) is 0 Å². The van der Waals surface area contributed by atoms with E-state index in [1.54, 1.807) is 0 Å². The van der Waals surface area contributed by atoms with Crippen LogP contribution in [0.4, 0.5) is 0 Å². The average molecular weight is 304 g/mol. The zero-order chi connectivity index (χ0) is 12.3. The molecule has 0 aliphatic carbocycles. The second kappa shape index (κ2) is 10.4. The molecule has 0 spiro atoms. The van der Waals surface area contributed by atoms with E-state index in [0.29, 0.717) is 0 Å². The molecule has 1 aliphatic rings. The minimum absolute atomic E-state index is 0.813. The van der Waals surface area contributed by atoms with Gasteiger partial charge in [-0.3, -0.25) is 4.90 Å². The first kappa shape index (κ1) is 15.5. The summed E-state index contributed by atoms with van der Waals surface area (Å²) in [5.41, 5.74) is 0. The van der Waals surface area contributed by atoms with Gasteiger partial charge in [0.25, 0.3) is 0 Å². The first-order valence-corrected chi connectivity index (χ1v) is 8.80. The Bertz CT molecular complexity index is 172. The van der Waals surface area contributed by atoms with Crippen LogP contribution < -0.4 is 0 Å². The Hall–Kier alpha value is 0.440. The standard InChI is InChI=1S/C15H30BrN/c1-2-3-4-5-6-9-12-17-13-10-7-8-11-15(17)14-16/h15H,2-14H2,1H3. The molecule has 1 nitrogen and oxygen atoms in total. The Labute approximate surface area is 116 Å². The molecule has 0 N–H and O–H groups in total. The van der Waals surface area contributed by atoms with Crippen LogP contribution in [0.5, 0.6) is 0 Å². The van der Waals surface area contributed by atoms with Crippen molar-refractivity contribution in [2.75, 3.05) is 18.4 Å². The highest BCUT2D eigenvalue weighted by Gasteiger charge is 2.18. The number of hydrogen-bond acceptors (Lipinski definition) is 1. The van der Waals surface area contributed by atoms with Crippen molar-refractivity contribution in [3.63, 3.8) is 0 Å². The Morgan fingerprint density at radius 3 is 2.53 bits per heavy atom. The third kappa shape index (κ3) is 6.81. The van der Waals surface area contributed by atoms with Crippen LogP contribution in [0.15, 0.2) is 0 Å². The smallest absolute Gasteiger partial charge is 0.0192 e. The van der Waals surface area contributed by atoms with E-state index >= 15 is 0 Å². The van der Waals surface area contributed by atoms with Crippen molar-refractivity contribution in [1.82, 2.24) is 4.90 Å². The molecule has 1 rings (SSSR count). The molecule has 1 aliphatic heterocycles. The topological polar surface area (TPSA) is 3.24 Å². The van der Waals surface area contributed by atoms with Gasteiger partial charge in [-0.2, -0.15) is 0 Å². The van der Waals surface area contributed by atoms with E-state index in [1.807, 2.05) is 0 Å². The molecule has 102 valence electrons. The molecular formula is C15H30BrN. The zero-order valence-corrected chi connectivity index (χ0v) is 13.2. The van der Waals surface area contributed by atoms with Gasteiger partial charge in [-0.1, -0.05) is 67.8 Å². The minimum Gasteiger partial charge on any atom is -0.300 e. The van der Waals surface area contributed by atoms with Gasteiger partial charge in [0, 0.05) is 11.4 Å². The van der Waals surface area contributed by atoms with Crippen LogP contribution in [0.25, 0.3) is 0 Å². The number of rotatable bonds is 8. The third-order valence-electron chi connectivity index (χ3n) is 3.98. The van der Waals surface area contributed by atoms with E-state index in [-0.39, 0.29) is 0 Å². The number of halogens is 1. The fourth-order valence-electron chi connectivity index (χ4n) is 2.80. The predicted molar refractivity (Wildman–Crippen MR) is 81.0 cm³/mol. The van der Waals surface area contributed by atoms with Gasteiger partial charge in [-0.15, -0.1) is 0 Å². The summed E-state index contributed by atoms with van der Waals surface area (Å²) in [5, 5.41) is 1.17. The van der Waals surface area contributed by atoms with Crippen LogP contribution in [0, 0.1) is 0 Å².